The number of aliphatic hydroxyl groups is 1. The van der Waals surface area contributed by atoms with Crippen molar-refractivity contribution in [2.24, 2.45) is 0 Å². The molecule has 0 aliphatic carbocycles. The number of nitrogens with zero attached hydrogens (tertiary/aromatic N) is 9. The average molecular weight is 1270 g/mol. The van der Waals surface area contributed by atoms with Crippen LogP contribution in [0.3, 0.4) is 0 Å². The predicted molar refractivity (Wildman–Crippen MR) is 349 cm³/mol. The number of aliphatic hydroxyl groups excluding tert-OH is 1. The van der Waals surface area contributed by atoms with Crippen LogP contribution in [0.5, 0.6) is 11.5 Å². The third-order valence-corrected chi connectivity index (χ3v) is 20.5. The number of nitrogens with one attached hydrogen (secondary N) is 1. The molecule has 8 heterocycles. The van der Waals surface area contributed by atoms with Crippen LogP contribution in [0.2, 0.25) is 0 Å². The zero-order valence-corrected chi connectivity index (χ0v) is 51.7. The molecule has 92 heavy (non-hydrogen) atoms. The zero-order chi connectivity index (χ0) is 63.3. The van der Waals surface area contributed by atoms with Crippen molar-refractivity contribution in [3.8, 4) is 68.4 Å². The van der Waals surface area contributed by atoms with Crippen LogP contribution in [0.25, 0.3) is 66.8 Å². The maximum absolute atomic E-state index is 14.3. The number of pyridine rings is 2. The fraction of sp³-hybridized carbons (Fsp3) is 0.243. The molecule has 6 aromatic carbocycles. The summed E-state index contributed by atoms with van der Waals surface area (Å²) < 4.78 is 82.8. The third kappa shape index (κ3) is 12.3. The number of carbonyl (C=O) groups is 1. The van der Waals surface area contributed by atoms with Crippen LogP contribution in [0, 0.1) is 22.7 Å². The van der Waals surface area contributed by atoms with E-state index in [2.05, 4.69) is 37.2 Å². The number of nitriles is 2. The first-order chi connectivity index (χ1) is 44.9. The summed E-state index contributed by atoms with van der Waals surface area (Å²) in [6, 6.07) is 55.1. The minimum absolute atomic E-state index is 0.0231. The summed E-state index contributed by atoms with van der Waals surface area (Å²) in [5.41, 5.74) is 8.77. The normalized spacial score (nSPS) is 16.8. The number of anilines is 2. The maximum Gasteiger partial charge on any atom is 0.269 e. The summed E-state index contributed by atoms with van der Waals surface area (Å²) >= 11 is 0. The molecule has 22 heteroatoms. The van der Waals surface area contributed by atoms with Crippen LogP contribution in [-0.2, 0) is 34.3 Å². The fourth-order valence-corrected chi connectivity index (χ4v) is 15.3. The molecule has 20 nitrogen and oxygen atoms in total. The molecule has 4 aliphatic rings. The Balaban J connectivity index is 0.000000169. The van der Waals surface area contributed by atoms with E-state index in [0.29, 0.717) is 113 Å². The van der Waals surface area contributed by atoms with Crippen LogP contribution < -0.4 is 24.6 Å². The number of likely N-dealkylation sites (tertiary alicyclic amines) is 1. The highest BCUT2D eigenvalue weighted by molar-refractivity contribution is 7.90. The Kier molecular flexibility index (Phi) is 17.6. The van der Waals surface area contributed by atoms with E-state index in [0.717, 1.165) is 73.8 Å². The Morgan fingerprint density at radius 2 is 1.00 bits per heavy atom. The Hall–Kier alpha value is -9.91. The second kappa shape index (κ2) is 26.5. The summed E-state index contributed by atoms with van der Waals surface area (Å²) in [6.07, 6.45) is 4.37. The second-order valence-corrected chi connectivity index (χ2v) is 26.2. The summed E-state index contributed by atoms with van der Waals surface area (Å²) in [4.78, 5) is 27.4. The van der Waals surface area contributed by atoms with Gasteiger partial charge in [0.05, 0.1) is 65.3 Å². The van der Waals surface area contributed by atoms with Crippen LogP contribution in [-0.4, -0.2) is 148 Å². The Labute approximate surface area is 532 Å². The van der Waals surface area contributed by atoms with Crippen molar-refractivity contribution >= 4 is 59.4 Å². The van der Waals surface area contributed by atoms with Gasteiger partial charge in [-0.25, -0.2) is 34.7 Å². The molecular weight excluding hydrogens is 1200 g/mol. The number of morpholine rings is 2. The maximum atomic E-state index is 14.3. The monoisotopic (exact) mass is 1270 g/mol. The lowest BCUT2D eigenvalue weighted by Crippen LogP contribution is -2.36. The largest absolute Gasteiger partial charge is 0.488 e. The Morgan fingerprint density at radius 1 is 0.554 bits per heavy atom. The van der Waals surface area contributed by atoms with Crippen molar-refractivity contribution in [3.05, 3.63) is 193 Å². The van der Waals surface area contributed by atoms with Crippen LogP contribution in [0.15, 0.2) is 192 Å². The molecule has 0 radical (unpaired) electrons. The van der Waals surface area contributed by atoms with E-state index in [1.54, 1.807) is 102 Å². The zero-order valence-electron chi connectivity index (χ0n) is 50.0. The first-order valence-corrected chi connectivity index (χ1v) is 33.3. The number of benzene rings is 6. The van der Waals surface area contributed by atoms with E-state index in [1.807, 2.05) is 84.9 Å². The van der Waals surface area contributed by atoms with Gasteiger partial charge in [-0.05, 0) is 143 Å². The highest BCUT2D eigenvalue weighted by Crippen LogP contribution is 2.41. The van der Waals surface area contributed by atoms with Gasteiger partial charge in [0.25, 0.3) is 20.0 Å². The third-order valence-electron chi connectivity index (χ3n) is 17.0. The highest BCUT2D eigenvalue weighted by atomic mass is 32.2. The predicted octanol–water partition coefficient (Wildman–Crippen LogP) is 9.34. The van der Waals surface area contributed by atoms with Gasteiger partial charge in [0.1, 0.15) is 42.5 Å². The molecule has 2 atom stereocenters. The second-order valence-electron chi connectivity index (χ2n) is 22.6. The topological polar surface area (TPSA) is 247 Å². The Morgan fingerprint density at radius 3 is 1.42 bits per heavy atom. The summed E-state index contributed by atoms with van der Waals surface area (Å²) in [5.74, 6) is 0.577. The lowest BCUT2D eigenvalue weighted by atomic mass is 10.0. The van der Waals surface area contributed by atoms with Gasteiger partial charge in [-0.15, -0.1) is 0 Å². The van der Waals surface area contributed by atoms with E-state index in [9.17, 15) is 37.3 Å². The number of ether oxygens (including phenoxy) is 4. The Bertz CT molecular complexity index is 4670. The highest BCUT2D eigenvalue weighted by Gasteiger charge is 2.31. The van der Waals surface area contributed by atoms with E-state index in [4.69, 9.17) is 18.9 Å². The number of aromatic nitrogens is 4. The molecule has 0 saturated carbocycles. The summed E-state index contributed by atoms with van der Waals surface area (Å²) in [6.45, 7) is 7.74. The van der Waals surface area contributed by atoms with E-state index in [-0.39, 0.29) is 33.6 Å². The average Bonchev–Trinajstić information content (AvgIpc) is 1.58. The van der Waals surface area contributed by atoms with E-state index in [1.165, 1.54) is 7.94 Å². The van der Waals surface area contributed by atoms with E-state index < -0.39 is 26.7 Å². The van der Waals surface area contributed by atoms with Crippen molar-refractivity contribution in [2.75, 3.05) is 95.2 Å². The molecule has 0 unspecified atom stereocenters. The minimum atomic E-state index is -4.06. The van der Waals surface area contributed by atoms with Crippen molar-refractivity contribution in [3.63, 3.8) is 0 Å². The molecule has 4 aromatic heterocycles. The van der Waals surface area contributed by atoms with E-state index >= 15 is 0 Å². The standard InChI is InChI=1S/C36H33N5O6S.C34H31N5O4S/c37-22-27-20-26(8-11-34(27)47-29-13-15-40(23-29)35(43)24-42)31-12-14-38-36-32(31)21-33(41(36)48(44,45)30-4-2-1-3-5-30)25-6-9-28(10-7-25)39-16-18-46-19-17-39;35-22-26-20-25(8-11-33(26)43-28-12-14-36-23-28)30-13-15-37-34-31(30)21-32(39(34)44(40,41)29-4-2-1-3-5-29)24-6-9-27(10-7-24)38-16-18-42-19-17-38/h1-12,14,20-21,29,42H,13,15-19,23-24H2;1-11,13,15,20-21,28,36H,12,14,16-19,23H2/t29-;28-/m00/s1. The number of amides is 1. The molecular formula is C70H64N10O10S2. The molecule has 10 aromatic rings. The van der Waals surface area contributed by atoms with Gasteiger partial charge < -0.3 is 44.1 Å². The quantitative estimate of drug-likeness (QED) is 0.0970. The minimum Gasteiger partial charge on any atom is -0.488 e. The van der Waals surface area contributed by atoms with Gasteiger partial charge in [-0.1, -0.05) is 72.8 Å². The SMILES string of the molecule is N#Cc1cc(-c2ccnc3c2cc(-c2ccc(N4CCOCC4)cc2)n3S(=O)(=O)c2ccccc2)ccc1O[C@H]1CCN(C(=O)CO)C1.N#Cc1cc(-c2ccnc3c2cc(-c2ccc(N4CCOCC4)cc2)n3S(=O)(=O)c2ccccc2)ccc1O[C@H]1CCNC1. The van der Waals surface area contributed by atoms with Crippen molar-refractivity contribution in [1.82, 2.24) is 28.1 Å². The number of fused-ring (bicyclic) bond motifs is 2. The summed E-state index contributed by atoms with van der Waals surface area (Å²) in [5, 5.41) is 33.8. The van der Waals surface area contributed by atoms with Crippen molar-refractivity contribution in [2.45, 2.75) is 34.8 Å². The molecule has 4 aliphatic heterocycles. The fourth-order valence-electron chi connectivity index (χ4n) is 12.3. The van der Waals surface area contributed by atoms with Crippen LogP contribution in [0.4, 0.5) is 11.4 Å². The molecule has 2 N–H and O–H groups in total. The molecule has 0 bridgehead atoms. The first-order valence-electron chi connectivity index (χ1n) is 30.4. The van der Waals surface area contributed by atoms with Crippen molar-refractivity contribution in [1.29, 1.82) is 10.5 Å². The van der Waals surface area contributed by atoms with Gasteiger partial charge in [0.2, 0.25) is 5.91 Å². The van der Waals surface area contributed by atoms with Gasteiger partial charge >= 0.3 is 0 Å². The summed E-state index contributed by atoms with van der Waals surface area (Å²) in [7, 11) is -8.08. The smallest absolute Gasteiger partial charge is 0.269 e. The molecule has 4 fully saturated rings. The molecule has 466 valence electrons. The number of rotatable bonds is 15. The van der Waals surface area contributed by atoms with Gasteiger partial charge in [-0.2, -0.15) is 10.5 Å². The van der Waals surface area contributed by atoms with Crippen molar-refractivity contribution < 1.29 is 45.7 Å². The lowest BCUT2D eigenvalue weighted by molar-refractivity contribution is -0.133. The first kappa shape index (κ1) is 61.0. The molecule has 0 spiro atoms. The van der Waals surface area contributed by atoms with Gasteiger partial charge in [-0.3, -0.25) is 4.79 Å². The molecule has 4 saturated heterocycles. The lowest BCUT2D eigenvalue weighted by Gasteiger charge is -2.28. The van der Waals surface area contributed by atoms with Crippen LogP contribution >= 0.6 is 0 Å². The molecule has 14 rings (SSSR count). The number of hydrogen-bond acceptors (Lipinski definition) is 17. The number of hydrogen-bond donors (Lipinski definition) is 2. The van der Waals surface area contributed by atoms with Crippen LogP contribution in [0.1, 0.15) is 24.0 Å². The van der Waals surface area contributed by atoms with Gasteiger partial charge in [0, 0.05) is 80.2 Å². The van der Waals surface area contributed by atoms with Gasteiger partial charge in [0.15, 0.2) is 11.3 Å². The molecule has 1 amide bonds. The number of carbonyl (C=O) groups excluding carboxylic acids is 1.